The Labute approximate surface area is 179 Å². The molecular formula is C22H22N7O2+. The number of fused-ring (bicyclic) bond motifs is 1. The second kappa shape index (κ2) is 9.04. The highest BCUT2D eigenvalue weighted by Gasteiger charge is 2.15. The molecule has 0 saturated carbocycles. The highest BCUT2D eigenvalue weighted by molar-refractivity contribution is 5.98. The molecule has 0 spiro atoms. The van der Waals surface area contributed by atoms with Gasteiger partial charge in [0.25, 0.3) is 6.67 Å². The Hall–Kier alpha value is -4.27. The molecule has 156 valence electrons. The van der Waals surface area contributed by atoms with Gasteiger partial charge in [0.1, 0.15) is 16.3 Å². The lowest BCUT2D eigenvalue weighted by Gasteiger charge is -2.11. The normalized spacial score (nSPS) is 10.5. The number of anilines is 3. The molecule has 0 saturated heterocycles. The van der Waals surface area contributed by atoms with Crippen LogP contribution in [0.3, 0.4) is 0 Å². The lowest BCUT2D eigenvalue weighted by atomic mass is 10.0. The maximum absolute atomic E-state index is 12.6. The molecule has 9 heteroatoms. The molecule has 9 nitrogen and oxygen atoms in total. The molecule has 0 aliphatic rings. The Morgan fingerprint density at radius 2 is 1.87 bits per heavy atom. The lowest BCUT2D eigenvalue weighted by molar-refractivity contribution is -0.511. The van der Waals surface area contributed by atoms with Crippen LogP contribution in [0.15, 0.2) is 67.1 Å². The fourth-order valence-corrected chi connectivity index (χ4v) is 3.15. The van der Waals surface area contributed by atoms with Crippen molar-refractivity contribution in [2.24, 2.45) is 0 Å². The molecule has 0 fully saturated rings. The molecule has 0 radical (unpaired) electrons. The molecule has 31 heavy (non-hydrogen) atoms. The standard InChI is InChI=1S/C22H22N7O2/c1-23-22-25-10-7-20(27-22)16-11-15-3-4-18(31-2)13-19(15)21(12-16)28-29(30)14-26-17-5-8-24-9-6-17/h3-13H,14H2,1-2H3,(H,24,26)(H,28,30)(H,23,25,27)/q+1. The summed E-state index contributed by atoms with van der Waals surface area (Å²) in [7, 11) is 3.38. The van der Waals surface area contributed by atoms with Crippen LogP contribution in [0.25, 0.3) is 22.0 Å². The number of nitrogens with zero attached hydrogens (tertiary/aromatic N) is 4. The van der Waals surface area contributed by atoms with E-state index in [0.717, 1.165) is 32.6 Å². The molecule has 4 aromatic rings. The van der Waals surface area contributed by atoms with Crippen molar-refractivity contribution in [1.29, 1.82) is 0 Å². The van der Waals surface area contributed by atoms with Gasteiger partial charge in [0.15, 0.2) is 0 Å². The first-order chi connectivity index (χ1) is 15.2. The van der Waals surface area contributed by atoms with Crippen LogP contribution in [0.4, 0.5) is 17.3 Å². The van der Waals surface area contributed by atoms with Crippen molar-refractivity contribution in [1.82, 2.24) is 15.0 Å². The SMILES string of the molecule is CNc1nccc(-c2cc(N[N+](=O)CNc3ccncc3)c3cc(OC)ccc3c2)n1. The third kappa shape index (κ3) is 4.67. The van der Waals surface area contributed by atoms with Crippen molar-refractivity contribution in [2.75, 3.05) is 36.9 Å². The Balaban J connectivity index is 1.68. The van der Waals surface area contributed by atoms with Crippen LogP contribution in [0, 0.1) is 4.91 Å². The zero-order chi connectivity index (χ0) is 21.6. The zero-order valence-corrected chi connectivity index (χ0v) is 17.2. The van der Waals surface area contributed by atoms with E-state index in [9.17, 15) is 4.91 Å². The van der Waals surface area contributed by atoms with Gasteiger partial charge in [0.05, 0.1) is 17.7 Å². The predicted molar refractivity (Wildman–Crippen MR) is 121 cm³/mol. The molecule has 0 bridgehead atoms. The first-order valence-electron chi connectivity index (χ1n) is 9.64. The summed E-state index contributed by atoms with van der Waals surface area (Å²) in [6.45, 7) is 0.0388. The van der Waals surface area contributed by atoms with E-state index in [1.54, 1.807) is 44.9 Å². The third-order valence-corrected chi connectivity index (χ3v) is 4.69. The quantitative estimate of drug-likeness (QED) is 0.226. The molecule has 0 aliphatic heterocycles. The van der Waals surface area contributed by atoms with E-state index in [4.69, 9.17) is 4.74 Å². The summed E-state index contributed by atoms with van der Waals surface area (Å²) in [5.41, 5.74) is 5.97. The van der Waals surface area contributed by atoms with Gasteiger partial charge in [-0.05, 0) is 47.9 Å². The van der Waals surface area contributed by atoms with Gasteiger partial charge in [-0.2, -0.15) is 0 Å². The van der Waals surface area contributed by atoms with Crippen molar-refractivity contribution in [2.45, 2.75) is 0 Å². The Morgan fingerprint density at radius 3 is 2.65 bits per heavy atom. The van der Waals surface area contributed by atoms with Crippen LogP contribution in [-0.4, -0.2) is 40.6 Å². The maximum atomic E-state index is 12.6. The van der Waals surface area contributed by atoms with E-state index in [-0.39, 0.29) is 6.67 Å². The minimum absolute atomic E-state index is 0.0388. The molecule has 3 N–H and O–H groups in total. The molecule has 2 aromatic carbocycles. The number of methoxy groups -OCH3 is 1. The monoisotopic (exact) mass is 416 g/mol. The van der Waals surface area contributed by atoms with Gasteiger partial charge in [0, 0.05) is 42.3 Å². The molecule has 4 rings (SSSR count). The van der Waals surface area contributed by atoms with E-state index in [1.807, 2.05) is 36.4 Å². The van der Waals surface area contributed by atoms with Gasteiger partial charge in [-0.1, -0.05) is 6.07 Å². The molecule has 0 aliphatic carbocycles. The summed E-state index contributed by atoms with van der Waals surface area (Å²) in [5, 5.41) is 7.80. The maximum Gasteiger partial charge on any atom is 0.297 e. The van der Waals surface area contributed by atoms with E-state index in [0.29, 0.717) is 17.4 Å². The summed E-state index contributed by atoms with van der Waals surface area (Å²) in [5.74, 6) is 1.23. The van der Waals surface area contributed by atoms with Crippen LogP contribution in [0.1, 0.15) is 0 Å². The number of rotatable bonds is 8. The smallest absolute Gasteiger partial charge is 0.297 e. The molecule has 2 aromatic heterocycles. The van der Waals surface area contributed by atoms with Crippen LogP contribution < -0.4 is 20.8 Å². The number of ether oxygens (including phenoxy) is 1. The number of nitroso groups, excluding NO2 is 1. The molecule has 0 unspecified atom stereocenters. The first-order valence-corrected chi connectivity index (χ1v) is 9.64. The summed E-state index contributed by atoms with van der Waals surface area (Å²) in [4.78, 5) is 26.0. The number of benzene rings is 2. The Kier molecular flexibility index (Phi) is 5.84. The van der Waals surface area contributed by atoms with Crippen LogP contribution in [-0.2, 0) is 0 Å². The van der Waals surface area contributed by atoms with E-state index in [1.165, 1.54) is 0 Å². The van der Waals surface area contributed by atoms with E-state index >= 15 is 0 Å². The van der Waals surface area contributed by atoms with Crippen molar-refractivity contribution < 1.29 is 9.61 Å². The minimum atomic E-state index is 0.0388. The van der Waals surface area contributed by atoms with Gasteiger partial charge < -0.3 is 15.4 Å². The summed E-state index contributed by atoms with van der Waals surface area (Å²) >= 11 is 0. The number of hydrogen-bond acceptors (Lipinski definition) is 7. The van der Waals surface area contributed by atoms with Crippen molar-refractivity contribution in [3.8, 4) is 17.0 Å². The van der Waals surface area contributed by atoms with E-state index < -0.39 is 0 Å². The second-order valence-corrected chi connectivity index (χ2v) is 6.69. The Bertz CT molecular complexity index is 1220. The lowest BCUT2D eigenvalue weighted by Crippen LogP contribution is -2.23. The minimum Gasteiger partial charge on any atom is -0.497 e. The van der Waals surface area contributed by atoms with Crippen molar-refractivity contribution >= 4 is 28.1 Å². The van der Waals surface area contributed by atoms with Crippen molar-refractivity contribution in [3.63, 3.8) is 0 Å². The van der Waals surface area contributed by atoms with Gasteiger partial charge in [-0.3, -0.25) is 4.98 Å². The summed E-state index contributed by atoms with van der Waals surface area (Å²) in [6.07, 6.45) is 5.02. The Morgan fingerprint density at radius 1 is 1.03 bits per heavy atom. The highest BCUT2D eigenvalue weighted by Crippen LogP contribution is 2.33. The molecule has 0 atom stereocenters. The summed E-state index contributed by atoms with van der Waals surface area (Å²) in [6, 6.07) is 15.1. The van der Waals surface area contributed by atoms with Gasteiger partial charge in [0.2, 0.25) is 5.95 Å². The highest BCUT2D eigenvalue weighted by atomic mass is 16.5. The van der Waals surface area contributed by atoms with Gasteiger partial charge in [-0.15, -0.1) is 5.43 Å². The zero-order valence-electron chi connectivity index (χ0n) is 17.2. The summed E-state index contributed by atoms with van der Waals surface area (Å²) < 4.78 is 5.37. The van der Waals surface area contributed by atoms with Crippen LogP contribution >= 0.6 is 0 Å². The van der Waals surface area contributed by atoms with Crippen LogP contribution in [0.2, 0.25) is 0 Å². The number of hydrazine groups is 1. The van der Waals surface area contributed by atoms with Crippen LogP contribution in [0.5, 0.6) is 5.75 Å². The predicted octanol–water partition coefficient (Wildman–Crippen LogP) is 3.92. The fraction of sp³-hybridized carbons (Fsp3) is 0.136. The van der Waals surface area contributed by atoms with Gasteiger partial charge in [-0.25, -0.2) is 9.97 Å². The topological polar surface area (TPSA) is 104 Å². The van der Waals surface area contributed by atoms with E-state index in [2.05, 4.69) is 31.0 Å². The first kappa shape index (κ1) is 20.0. The average Bonchev–Trinajstić information content (AvgIpc) is 2.83. The molecule has 0 amide bonds. The third-order valence-electron chi connectivity index (χ3n) is 4.69. The van der Waals surface area contributed by atoms with Gasteiger partial charge >= 0.3 is 0 Å². The number of aromatic nitrogens is 3. The van der Waals surface area contributed by atoms with Crippen molar-refractivity contribution in [3.05, 3.63) is 72.0 Å². The largest absolute Gasteiger partial charge is 0.497 e. The fourth-order valence-electron chi connectivity index (χ4n) is 3.15. The second-order valence-electron chi connectivity index (χ2n) is 6.69. The molecule has 2 heterocycles. The average molecular weight is 416 g/mol. The number of nitrogens with one attached hydrogen (secondary N) is 3. The molecular weight excluding hydrogens is 394 g/mol. The number of pyridine rings is 1. The number of hydrogen-bond donors (Lipinski definition) is 3.